The van der Waals surface area contributed by atoms with E-state index in [1.807, 2.05) is 18.7 Å². The Kier molecular flexibility index (Phi) is 5.37. The van der Waals surface area contributed by atoms with Crippen molar-refractivity contribution in [3.63, 3.8) is 0 Å². The van der Waals surface area contributed by atoms with Crippen LogP contribution < -0.4 is 0 Å². The number of hydrogen-bond acceptors (Lipinski definition) is 2. The molecule has 1 N–H and O–H groups in total. The summed E-state index contributed by atoms with van der Waals surface area (Å²) in [6.07, 6.45) is 2.73. The summed E-state index contributed by atoms with van der Waals surface area (Å²) in [5, 5.41) is 8.58. The molecule has 0 fully saturated rings. The van der Waals surface area contributed by atoms with Gasteiger partial charge in [0.1, 0.15) is 0 Å². The smallest absolute Gasteiger partial charge is 0.317 e. The fraction of sp³-hybridized carbons (Fsp3) is 0.667. The molecule has 0 aromatic heterocycles. The second-order valence-electron chi connectivity index (χ2n) is 2.84. The third kappa shape index (κ3) is 4.13. The van der Waals surface area contributed by atoms with E-state index in [1.54, 1.807) is 6.08 Å². The largest absolute Gasteiger partial charge is 0.480 e. The number of nitrogens with zero attached hydrogens (tertiary/aromatic N) is 1. The van der Waals surface area contributed by atoms with Crippen molar-refractivity contribution in [2.45, 2.75) is 26.3 Å². The van der Waals surface area contributed by atoms with Crippen molar-refractivity contribution in [1.82, 2.24) is 4.90 Å². The standard InChI is InChI=1S/C9H17NO2/c1-4-6-10(7-9(11)12)8(3)5-2/h5,8H,2,4,6-7H2,1,3H3,(H,11,12). The number of carboxylic acid groups (broad SMARTS) is 1. The van der Waals surface area contributed by atoms with Gasteiger partial charge in [0.15, 0.2) is 0 Å². The van der Waals surface area contributed by atoms with Gasteiger partial charge in [-0.3, -0.25) is 9.69 Å². The molecular formula is C9H17NO2. The average Bonchev–Trinajstić information content (AvgIpc) is 2.01. The molecule has 0 radical (unpaired) electrons. The molecule has 0 rings (SSSR count). The van der Waals surface area contributed by atoms with E-state index in [0.717, 1.165) is 13.0 Å². The van der Waals surface area contributed by atoms with E-state index in [2.05, 4.69) is 6.58 Å². The summed E-state index contributed by atoms with van der Waals surface area (Å²) in [4.78, 5) is 12.3. The van der Waals surface area contributed by atoms with Crippen molar-refractivity contribution in [1.29, 1.82) is 0 Å². The molecule has 1 atom stereocenters. The molecule has 0 amide bonds. The highest BCUT2D eigenvalue weighted by molar-refractivity contribution is 5.69. The van der Waals surface area contributed by atoms with E-state index in [0.29, 0.717) is 0 Å². The Morgan fingerprint density at radius 3 is 2.67 bits per heavy atom. The quantitative estimate of drug-likeness (QED) is 0.613. The molecule has 0 saturated carbocycles. The highest BCUT2D eigenvalue weighted by Gasteiger charge is 2.12. The second kappa shape index (κ2) is 5.77. The molecule has 0 saturated heterocycles. The van der Waals surface area contributed by atoms with Gasteiger partial charge in [0, 0.05) is 6.04 Å². The highest BCUT2D eigenvalue weighted by atomic mass is 16.4. The van der Waals surface area contributed by atoms with Gasteiger partial charge in [-0.1, -0.05) is 13.0 Å². The lowest BCUT2D eigenvalue weighted by molar-refractivity contribution is -0.138. The fourth-order valence-electron chi connectivity index (χ4n) is 1.04. The maximum absolute atomic E-state index is 10.4. The van der Waals surface area contributed by atoms with Crippen LogP contribution >= 0.6 is 0 Å². The van der Waals surface area contributed by atoms with E-state index in [9.17, 15) is 4.79 Å². The van der Waals surface area contributed by atoms with E-state index >= 15 is 0 Å². The van der Waals surface area contributed by atoms with E-state index < -0.39 is 5.97 Å². The van der Waals surface area contributed by atoms with Crippen molar-refractivity contribution >= 4 is 5.97 Å². The van der Waals surface area contributed by atoms with Crippen LogP contribution in [0.3, 0.4) is 0 Å². The zero-order valence-corrected chi connectivity index (χ0v) is 7.79. The van der Waals surface area contributed by atoms with Gasteiger partial charge < -0.3 is 5.11 Å². The first-order chi connectivity index (χ1) is 5.61. The molecule has 0 aromatic rings. The minimum Gasteiger partial charge on any atom is -0.480 e. The molecule has 0 aliphatic rings. The van der Waals surface area contributed by atoms with Crippen LogP contribution in [0.5, 0.6) is 0 Å². The van der Waals surface area contributed by atoms with Gasteiger partial charge >= 0.3 is 5.97 Å². The molecule has 0 aromatic carbocycles. The Balaban J connectivity index is 4.01. The number of hydrogen-bond donors (Lipinski definition) is 1. The van der Waals surface area contributed by atoms with Crippen LogP contribution in [-0.2, 0) is 4.79 Å². The van der Waals surface area contributed by atoms with Gasteiger partial charge in [0.05, 0.1) is 6.54 Å². The van der Waals surface area contributed by atoms with E-state index in [4.69, 9.17) is 5.11 Å². The van der Waals surface area contributed by atoms with Gasteiger partial charge in [-0.25, -0.2) is 0 Å². The lowest BCUT2D eigenvalue weighted by Crippen LogP contribution is -2.36. The molecule has 3 nitrogen and oxygen atoms in total. The SMILES string of the molecule is C=CC(C)N(CCC)CC(=O)O. The van der Waals surface area contributed by atoms with Gasteiger partial charge in [0.2, 0.25) is 0 Å². The Morgan fingerprint density at radius 2 is 2.33 bits per heavy atom. The van der Waals surface area contributed by atoms with Crippen LogP contribution in [0.15, 0.2) is 12.7 Å². The monoisotopic (exact) mass is 171 g/mol. The fourth-order valence-corrected chi connectivity index (χ4v) is 1.04. The van der Waals surface area contributed by atoms with Crippen molar-refractivity contribution < 1.29 is 9.90 Å². The summed E-state index contributed by atoms with van der Waals surface area (Å²) in [6.45, 7) is 8.52. The first-order valence-corrected chi connectivity index (χ1v) is 4.20. The van der Waals surface area contributed by atoms with Crippen LogP contribution in [0.4, 0.5) is 0 Å². The van der Waals surface area contributed by atoms with Gasteiger partial charge in [0.25, 0.3) is 0 Å². The lowest BCUT2D eigenvalue weighted by Gasteiger charge is -2.24. The second-order valence-corrected chi connectivity index (χ2v) is 2.84. The number of carboxylic acids is 1. The van der Waals surface area contributed by atoms with Crippen molar-refractivity contribution in [3.05, 3.63) is 12.7 Å². The summed E-state index contributed by atoms with van der Waals surface area (Å²) in [6, 6.07) is 0.140. The maximum atomic E-state index is 10.4. The van der Waals surface area contributed by atoms with Gasteiger partial charge in [-0.15, -0.1) is 6.58 Å². The molecule has 3 heteroatoms. The van der Waals surface area contributed by atoms with Gasteiger partial charge in [-0.05, 0) is 19.9 Å². The predicted octanol–water partition coefficient (Wildman–Crippen LogP) is 1.36. The Labute approximate surface area is 73.7 Å². The van der Waals surface area contributed by atoms with Crippen LogP contribution in [0.2, 0.25) is 0 Å². The normalized spacial score (nSPS) is 12.9. The molecular weight excluding hydrogens is 154 g/mol. The number of rotatable bonds is 6. The zero-order valence-electron chi connectivity index (χ0n) is 7.79. The topological polar surface area (TPSA) is 40.5 Å². The van der Waals surface area contributed by atoms with Crippen molar-refractivity contribution in [3.8, 4) is 0 Å². The summed E-state index contributed by atoms with van der Waals surface area (Å²) < 4.78 is 0. The van der Waals surface area contributed by atoms with Crippen LogP contribution in [0.1, 0.15) is 20.3 Å². The van der Waals surface area contributed by atoms with Crippen molar-refractivity contribution in [2.75, 3.05) is 13.1 Å². The summed E-state index contributed by atoms with van der Waals surface area (Å²) in [7, 11) is 0. The lowest BCUT2D eigenvalue weighted by atomic mass is 10.2. The van der Waals surface area contributed by atoms with Crippen molar-refractivity contribution in [2.24, 2.45) is 0 Å². The molecule has 1 unspecified atom stereocenters. The number of carbonyl (C=O) groups is 1. The summed E-state index contributed by atoms with van der Waals surface area (Å²) >= 11 is 0. The number of aliphatic carboxylic acids is 1. The Bertz CT molecular complexity index is 157. The first-order valence-electron chi connectivity index (χ1n) is 4.20. The van der Waals surface area contributed by atoms with Crippen LogP contribution in [-0.4, -0.2) is 35.1 Å². The molecule has 70 valence electrons. The van der Waals surface area contributed by atoms with Gasteiger partial charge in [-0.2, -0.15) is 0 Å². The predicted molar refractivity (Wildman–Crippen MR) is 49.2 cm³/mol. The molecule has 0 heterocycles. The molecule has 0 aliphatic heterocycles. The molecule has 0 spiro atoms. The molecule has 0 bridgehead atoms. The van der Waals surface area contributed by atoms with E-state index in [-0.39, 0.29) is 12.6 Å². The Hall–Kier alpha value is -0.830. The minimum atomic E-state index is -0.780. The zero-order chi connectivity index (χ0) is 9.56. The van der Waals surface area contributed by atoms with Crippen LogP contribution in [0, 0.1) is 0 Å². The summed E-state index contributed by atoms with van der Waals surface area (Å²) in [5.74, 6) is -0.780. The third-order valence-electron chi connectivity index (χ3n) is 1.77. The molecule has 0 aliphatic carbocycles. The highest BCUT2D eigenvalue weighted by Crippen LogP contribution is 2.00. The minimum absolute atomic E-state index is 0.0982. The first kappa shape index (κ1) is 11.2. The van der Waals surface area contributed by atoms with Crippen LogP contribution in [0.25, 0.3) is 0 Å². The molecule has 12 heavy (non-hydrogen) atoms. The summed E-state index contributed by atoms with van der Waals surface area (Å²) in [5.41, 5.74) is 0. The average molecular weight is 171 g/mol. The third-order valence-corrected chi connectivity index (χ3v) is 1.77. The Morgan fingerprint density at radius 1 is 1.75 bits per heavy atom. The maximum Gasteiger partial charge on any atom is 0.317 e. The van der Waals surface area contributed by atoms with E-state index in [1.165, 1.54) is 0 Å².